The summed E-state index contributed by atoms with van der Waals surface area (Å²) in [7, 11) is 0. The molecule has 1 aliphatic rings. The Labute approximate surface area is 110 Å². The van der Waals surface area contributed by atoms with Gasteiger partial charge in [-0.15, -0.1) is 0 Å². The van der Waals surface area contributed by atoms with Gasteiger partial charge in [0.2, 0.25) is 0 Å². The molecule has 7 heteroatoms. The summed E-state index contributed by atoms with van der Waals surface area (Å²) in [6, 6.07) is 0. The van der Waals surface area contributed by atoms with E-state index < -0.39 is 5.97 Å². The first-order valence-electron chi connectivity index (χ1n) is 6.12. The van der Waals surface area contributed by atoms with Crippen LogP contribution in [0.4, 0.5) is 0 Å². The molecule has 2 rings (SSSR count). The van der Waals surface area contributed by atoms with Crippen molar-refractivity contribution in [3.05, 3.63) is 23.8 Å². The number of nitrogens with zero attached hydrogens (tertiary/aromatic N) is 2. The molecule has 0 aromatic carbocycles. The van der Waals surface area contributed by atoms with Crippen LogP contribution in [0.15, 0.2) is 12.4 Å². The SMILES string of the molecule is O=C(O)c1cnc(C(=O)NCC2CCCCO2)cn1. The maximum Gasteiger partial charge on any atom is 0.356 e. The first-order chi connectivity index (χ1) is 9.16. The van der Waals surface area contributed by atoms with E-state index >= 15 is 0 Å². The number of hydrogen-bond acceptors (Lipinski definition) is 5. The zero-order chi connectivity index (χ0) is 13.7. The zero-order valence-electron chi connectivity index (χ0n) is 10.3. The van der Waals surface area contributed by atoms with Gasteiger partial charge < -0.3 is 15.2 Å². The predicted molar refractivity (Wildman–Crippen MR) is 64.9 cm³/mol. The van der Waals surface area contributed by atoms with E-state index in [9.17, 15) is 9.59 Å². The highest BCUT2D eigenvalue weighted by atomic mass is 16.5. The van der Waals surface area contributed by atoms with Crippen LogP contribution in [0.3, 0.4) is 0 Å². The number of hydrogen-bond donors (Lipinski definition) is 2. The van der Waals surface area contributed by atoms with Crippen LogP contribution in [0.25, 0.3) is 0 Å². The molecule has 1 unspecified atom stereocenters. The summed E-state index contributed by atoms with van der Waals surface area (Å²) in [5.74, 6) is -1.55. The minimum atomic E-state index is -1.17. The molecule has 1 aromatic rings. The molecule has 19 heavy (non-hydrogen) atoms. The highest BCUT2D eigenvalue weighted by Crippen LogP contribution is 2.11. The monoisotopic (exact) mass is 265 g/mol. The van der Waals surface area contributed by atoms with Gasteiger partial charge in [-0.05, 0) is 19.3 Å². The number of ether oxygens (including phenoxy) is 1. The quantitative estimate of drug-likeness (QED) is 0.820. The number of carbonyl (C=O) groups is 2. The smallest absolute Gasteiger partial charge is 0.356 e. The molecule has 1 aliphatic heterocycles. The van der Waals surface area contributed by atoms with Crippen molar-refractivity contribution in [3.8, 4) is 0 Å². The summed E-state index contributed by atoms with van der Waals surface area (Å²) in [5, 5.41) is 11.4. The number of carboxylic acid groups (broad SMARTS) is 1. The number of amides is 1. The molecule has 0 radical (unpaired) electrons. The fraction of sp³-hybridized carbons (Fsp3) is 0.500. The van der Waals surface area contributed by atoms with Crippen LogP contribution < -0.4 is 5.32 Å². The fourth-order valence-electron chi connectivity index (χ4n) is 1.82. The van der Waals surface area contributed by atoms with E-state index in [0.717, 1.165) is 38.3 Å². The normalized spacial score (nSPS) is 18.8. The molecule has 0 saturated carbocycles. The molecule has 1 fully saturated rings. The molecule has 1 aromatic heterocycles. The molecular weight excluding hydrogens is 250 g/mol. The minimum absolute atomic E-state index is 0.0453. The molecular formula is C12H15N3O4. The van der Waals surface area contributed by atoms with Crippen LogP contribution in [0.2, 0.25) is 0 Å². The highest BCUT2D eigenvalue weighted by molar-refractivity contribution is 5.92. The summed E-state index contributed by atoms with van der Waals surface area (Å²) in [6.07, 6.45) is 5.36. The van der Waals surface area contributed by atoms with Crippen LogP contribution in [0.1, 0.15) is 40.2 Å². The van der Waals surface area contributed by atoms with Crippen molar-refractivity contribution in [2.24, 2.45) is 0 Å². The molecule has 0 aliphatic carbocycles. The molecule has 0 spiro atoms. The largest absolute Gasteiger partial charge is 0.476 e. The average Bonchev–Trinajstić information content (AvgIpc) is 2.46. The van der Waals surface area contributed by atoms with Crippen LogP contribution in [-0.2, 0) is 4.74 Å². The number of aromatic nitrogens is 2. The third-order valence-corrected chi connectivity index (χ3v) is 2.87. The van der Waals surface area contributed by atoms with Gasteiger partial charge in [0.25, 0.3) is 5.91 Å². The van der Waals surface area contributed by atoms with Crippen molar-refractivity contribution >= 4 is 11.9 Å². The van der Waals surface area contributed by atoms with Crippen molar-refractivity contribution in [1.82, 2.24) is 15.3 Å². The van der Waals surface area contributed by atoms with Gasteiger partial charge >= 0.3 is 5.97 Å². The number of carbonyl (C=O) groups excluding carboxylic acids is 1. The standard InChI is InChI=1S/C12H15N3O4/c16-11(15-5-8-3-1-2-4-19-8)9-6-14-10(7-13-9)12(17)18/h6-8H,1-5H2,(H,15,16)(H,17,18). The Balaban J connectivity index is 1.86. The molecule has 102 valence electrons. The lowest BCUT2D eigenvalue weighted by atomic mass is 10.1. The molecule has 1 atom stereocenters. The van der Waals surface area contributed by atoms with Gasteiger partial charge in [-0.25, -0.2) is 14.8 Å². The first-order valence-corrected chi connectivity index (χ1v) is 6.12. The summed E-state index contributed by atoms with van der Waals surface area (Å²) in [6.45, 7) is 1.16. The van der Waals surface area contributed by atoms with E-state index in [-0.39, 0.29) is 23.4 Å². The van der Waals surface area contributed by atoms with Crippen molar-refractivity contribution in [2.45, 2.75) is 25.4 Å². The predicted octanol–water partition coefficient (Wildman–Crippen LogP) is 0.474. The van der Waals surface area contributed by atoms with Crippen molar-refractivity contribution in [1.29, 1.82) is 0 Å². The summed E-state index contributed by atoms with van der Waals surface area (Å²) >= 11 is 0. The second-order valence-electron chi connectivity index (χ2n) is 4.29. The Morgan fingerprint density at radius 2 is 2.05 bits per heavy atom. The van der Waals surface area contributed by atoms with Gasteiger partial charge in [0.05, 0.1) is 18.5 Å². The number of aromatic carboxylic acids is 1. The Morgan fingerprint density at radius 3 is 2.63 bits per heavy atom. The zero-order valence-corrected chi connectivity index (χ0v) is 10.3. The van der Waals surface area contributed by atoms with Gasteiger partial charge in [-0.3, -0.25) is 4.79 Å². The Hall–Kier alpha value is -2.02. The third kappa shape index (κ3) is 3.72. The molecule has 2 N–H and O–H groups in total. The second-order valence-corrected chi connectivity index (χ2v) is 4.29. The van der Waals surface area contributed by atoms with Gasteiger partial charge in [0.15, 0.2) is 5.69 Å². The number of rotatable bonds is 4. The second kappa shape index (κ2) is 6.24. The first kappa shape index (κ1) is 13.4. The average molecular weight is 265 g/mol. The van der Waals surface area contributed by atoms with Crippen LogP contribution in [0, 0.1) is 0 Å². The van der Waals surface area contributed by atoms with Crippen LogP contribution >= 0.6 is 0 Å². The summed E-state index contributed by atoms with van der Waals surface area (Å²) < 4.78 is 5.49. The van der Waals surface area contributed by atoms with Gasteiger partial charge in [-0.2, -0.15) is 0 Å². The Morgan fingerprint density at radius 1 is 1.32 bits per heavy atom. The summed E-state index contributed by atoms with van der Waals surface area (Å²) in [4.78, 5) is 29.8. The third-order valence-electron chi connectivity index (χ3n) is 2.87. The van der Waals surface area contributed by atoms with E-state index in [0.29, 0.717) is 6.54 Å². The van der Waals surface area contributed by atoms with Crippen LogP contribution in [-0.4, -0.2) is 46.2 Å². The van der Waals surface area contributed by atoms with E-state index in [2.05, 4.69) is 15.3 Å². The number of nitrogens with one attached hydrogen (secondary N) is 1. The maximum absolute atomic E-state index is 11.8. The van der Waals surface area contributed by atoms with Crippen molar-refractivity contribution in [2.75, 3.05) is 13.2 Å². The van der Waals surface area contributed by atoms with Gasteiger partial charge in [0, 0.05) is 13.2 Å². The molecule has 2 heterocycles. The maximum atomic E-state index is 11.8. The van der Waals surface area contributed by atoms with Gasteiger partial charge in [0.1, 0.15) is 5.69 Å². The van der Waals surface area contributed by atoms with Crippen molar-refractivity contribution in [3.63, 3.8) is 0 Å². The van der Waals surface area contributed by atoms with E-state index in [1.54, 1.807) is 0 Å². The molecule has 0 bridgehead atoms. The summed E-state index contributed by atoms with van der Waals surface area (Å²) in [5.41, 5.74) is -0.0898. The van der Waals surface area contributed by atoms with E-state index in [1.807, 2.05) is 0 Å². The molecule has 7 nitrogen and oxygen atoms in total. The van der Waals surface area contributed by atoms with Crippen LogP contribution in [0.5, 0.6) is 0 Å². The lowest BCUT2D eigenvalue weighted by molar-refractivity contribution is 0.0168. The van der Waals surface area contributed by atoms with E-state index in [4.69, 9.17) is 9.84 Å². The van der Waals surface area contributed by atoms with E-state index in [1.165, 1.54) is 0 Å². The molecule has 1 amide bonds. The number of carboxylic acids is 1. The topological polar surface area (TPSA) is 101 Å². The Bertz CT molecular complexity index is 455. The Kier molecular flexibility index (Phi) is 4.40. The molecule has 1 saturated heterocycles. The van der Waals surface area contributed by atoms with Gasteiger partial charge in [-0.1, -0.05) is 0 Å². The van der Waals surface area contributed by atoms with Crippen molar-refractivity contribution < 1.29 is 19.4 Å². The minimum Gasteiger partial charge on any atom is -0.476 e. The lowest BCUT2D eigenvalue weighted by Crippen LogP contribution is -2.35. The fourth-order valence-corrected chi connectivity index (χ4v) is 1.82. The lowest BCUT2D eigenvalue weighted by Gasteiger charge is -2.22. The highest BCUT2D eigenvalue weighted by Gasteiger charge is 2.16.